The molecule has 2 aromatic rings. The van der Waals surface area contributed by atoms with Gasteiger partial charge in [-0.2, -0.15) is 0 Å². The molecule has 7 heteroatoms. The third kappa shape index (κ3) is 5.89. The second-order valence-corrected chi connectivity index (χ2v) is 10.1. The number of rotatable bonds is 6. The fraction of sp³-hybridized carbons (Fsp3) is 0.556. The van der Waals surface area contributed by atoms with Gasteiger partial charge in [0.2, 0.25) is 0 Å². The number of ether oxygens (including phenoxy) is 2. The fourth-order valence-electron chi connectivity index (χ4n) is 4.98. The summed E-state index contributed by atoms with van der Waals surface area (Å²) >= 11 is 0. The number of anilines is 1. The lowest BCUT2D eigenvalue weighted by molar-refractivity contribution is -0.0744. The molecule has 6 nitrogen and oxygen atoms in total. The molecule has 0 aliphatic carbocycles. The molecule has 4 rings (SSSR count). The summed E-state index contributed by atoms with van der Waals surface area (Å²) < 4.78 is 25.1. The molecule has 0 amide bonds. The molecule has 0 saturated carbocycles. The first-order valence-electron chi connectivity index (χ1n) is 12.1. The van der Waals surface area contributed by atoms with Gasteiger partial charge in [-0.15, -0.1) is 0 Å². The van der Waals surface area contributed by atoms with Gasteiger partial charge in [-0.3, -0.25) is 4.90 Å². The molecule has 0 radical (unpaired) electrons. The van der Waals surface area contributed by atoms with Crippen LogP contribution in [0.25, 0.3) is 0 Å². The maximum absolute atomic E-state index is 13.2. The number of hydrogen-bond donors (Lipinski definition) is 2. The molecule has 0 bridgehead atoms. The van der Waals surface area contributed by atoms with Crippen LogP contribution in [0.2, 0.25) is 0 Å². The van der Waals surface area contributed by atoms with Crippen molar-refractivity contribution in [2.45, 2.75) is 44.8 Å². The van der Waals surface area contributed by atoms with Crippen LogP contribution < -0.4 is 9.64 Å². The number of nitrogens with zero attached hydrogens (tertiary/aromatic N) is 2. The van der Waals surface area contributed by atoms with Gasteiger partial charge in [-0.05, 0) is 74.6 Å². The van der Waals surface area contributed by atoms with Gasteiger partial charge < -0.3 is 24.6 Å². The zero-order valence-electron chi connectivity index (χ0n) is 20.5. The van der Waals surface area contributed by atoms with Gasteiger partial charge in [-0.25, -0.2) is 4.39 Å². The Morgan fingerprint density at radius 3 is 2.32 bits per heavy atom. The summed E-state index contributed by atoms with van der Waals surface area (Å²) in [7, 11) is 0. The second-order valence-electron chi connectivity index (χ2n) is 10.1. The minimum Gasteiger partial charge on any atom is -0.490 e. The van der Waals surface area contributed by atoms with Crippen LogP contribution in [0.15, 0.2) is 36.4 Å². The molecule has 186 valence electrons. The van der Waals surface area contributed by atoms with E-state index < -0.39 is 11.2 Å². The van der Waals surface area contributed by atoms with Crippen LogP contribution in [0.5, 0.6) is 5.75 Å². The third-order valence-corrected chi connectivity index (χ3v) is 7.20. The van der Waals surface area contributed by atoms with Crippen molar-refractivity contribution in [3.05, 3.63) is 58.9 Å². The minimum absolute atomic E-state index is 0.130. The normalized spacial score (nSPS) is 23.5. The largest absolute Gasteiger partial charge is 0.490 e. The second kappa shape index (κ2) is 10.2. The van der Waals surface area contributed by atoms with Gasteiger partial charge in [0.1, 0.15) is 23.8 Å². The molecular weight excluding hydrogens is 435 g/mol. The van der Waals surface area contributed by atoms with Crippen LogP contribution >= 0.6 is 0 Å². The van der Waals surface area contributed by atoms with Gasteiger partial charge in [0, 0.05) is 38.4 Å². The number of hydrogen-bond acceptors (Lipinski definition) is 6. The highest BCUT2D eigenvalue weighted by molar-refractivity contribution is 5.47. The molecule has 0 aromatic heterocycles. The average molecular weight is 473 g/mol. The van der Waals surface area contributed by atoms with E-state index in [9.17, 15) is 14.6 Å². The highest BCUT2D eigenvalue weighted by Gasteiger charge is 2.39. The highest BCUT2D eigenvalue weighted by Crippen LogP contribution is 2.30. The van der Waals surface area contributed by atoms with E-state index in [1.54, 1.807) is 12.1 Å². The topological polar surface area (TPSA) is 65.4 Å². The molecule has 34 heavy (non-hydrogen) atoms. The zero-order chi connectivity index (χ0) is 24.3. The molecule has 2 fully saturated rings. The van der Waals surface area contributed by atoms with Crippen molar-refractivity contribution in [3.8, 4) is 5.75 Å². The molecular formula is C27H37FN2O4. The molecule has 2 heterocycles. The lowest BCUT2D eigenvalue weighted by Crippen LogP contribution is -2.55. The van der Waals surface area contributed by atoms with Gasteiger partial charge in [-0.1, -0.05) is 12.1 Å². The van der Waals surface area contributed by atoms with E-state index in [1.807, 2.05) is 19.9 Å². The number of benzene rings is 2. The molecule has 0 spiro atoms. The van der Waals surface area contributed by atoms with Crippen molar-refractivity contribution in [1.29, 1.82) is 0 Å². The Labute approximate surface area is 201 Å². The lowest BCUT2D eigenvalue weighted by Gasteiger charge is -2.42. The minimum atomic E-state index is -1.16. The van der Waals surface area contributed by atoms with Crippen molar-refractivity contribution in [2.24, 2.45) is 0 Å². The van der Waals surface area contributed by atoms with E-state index >= 15 is 0 Å². The summed E-state index contributed by atoms with van der Waals surface area (Å²) in [6, 6.07) is 10.6. The summed E-state index contributed by atoms with van der Waals surface area (Å²) in [5, 5.41) is 22.7. The summed E-state index contributed by atoms with van der Waals surface area (Å²) in [5.74, 6) is 0.570. The van der Waals surface area contributed by atoms with Crippen LogP contribution in [-0.4, -0.2) is 78.9 Å². The monoisotopic (exact) mass is 472 g/mol. The maximum atomic E-state index is 13.2. The zero-order valence-corrected chi connectivity index (χ0v) is 20.5. The van der Waals surface area contributed by atoms with Gasteiger partial charge in [0.25, 0.3) is 0 Å². The number of β-amino-alcohol motifs (C(OH)–C–C–N with tert-alkyl or cyclic N) is 2. The first-order valence-corrected chi connectivity index (χ1v) is 12.1. The van der Waals surface area contributed by atoms with Crippen molar-refractivity contribution in [2.75, 3.05) is 57.4 Å². The number of aryl methyl sites for hydroxylation is 2. The van der Waals surface area contributed by atoms with Gasteiger partial charge in [0.05, 0.1) is 18.8 Å². The number of halogens is 1. The first-order chi connectivity index (χ1) is 16.2. The average Bonchev–Trinajstić information content (AvgIpc) is 2.98. The Morgan fingerprint density at radius 1 is 0.941 bits per heavy atom. The smallest absolute Gasteiger partial charge is 0.134 e. The van der Waals surface area contributed by atoms with Crippen LogP contribution in [0.1, 0.15) is 29.5 Å². The maximum Gasteiger partial charge on any atom is 0.134 e. The lowest BCUT2D eigenvalue weighted by atomic mass is 9.90. The highest BCUT2D eigenvalue weighted by atomic mass is 19.1. The van der Waals surface area contributed by atoms with E-state index in [1.165, 1.54) is 12.1 Å². The number of piperidine rings is 1. The van der Waals surface area contributed by atoms with Crippen LogP contribution in [0, 0.1) is 26.6 Å². The molecule has 0 unspecified atom stereocenters. The molecule has 1 atom stereocenters. The Morgan fingerprint density at radius 2 is 1.62 bits per heavy atom. The van der Waals surface area contributed by atoms with Gasteiger partial charge in [0.15, 0.2) is 0 Å². The molecule has 2 aliphatic rings. The van der Waals surface area contributed by atoms with Crippen molar-refractivity contribution in [1.82, 2.24) is 4.90 Å². The van der Waals surface area contributed by atoms with Crippen LogP contribution in [0.3, 0.4) is 0 Å². The Balaban J connectivity index is 1.36. The predicted molar refractivity (Wildman–Crippen MR) is 131 cm³/mol. The van der Waals surface area contributed by atoms with E-state index in [-0.39, 0.29) is 19.0 Å². The summed E-state index contributed by atoms with van der Waals surface area (Å²) in [5.41, 5.74) is 2.24. The summed E-state index contributed by atoms with van der Waals surface area (Å²) in [4.78, 5) is 4.27. The van der Waals surface area contributed by atoms with E-state index in [0.29, 0.717) is 52.2 Å². The summed E-state index contributed by atoms with van der Waals surface area (Å²) in [6.45, 7) is 9.82. The first kappa shape index (κ1) is 24.9. The molecule has 2 aliphatic heterocycles. The Kier molecular flexibility index (Phi) is 7.48. The van der Waals surface area contributed by atoms with Crippen LogP contribution in [-0.2, 0) is 4.74 Å². The fourth-order valence-corrected chi connectivity index (χ4v) is 4.98. The summed E-state index contributed by atoms with van der Waals surface area (Å²) in [6.07, 6.45) is 1.22. The quantitative estimate of drug-likeness (QED) is 0.673. The standard InChI is InChI=1S/C27H37FN2O4/c1-20-4-5-21(2)25(22(20)3)34-19-27(32)17-29(14-15-33-18-27)16-26(31)10-12-30(13-11-26)24-8-6-23(28)7-9-24/h4-9,31-32H,10-19H2,1-3H3/t27-/m0/s1. The van der Waals surface area contributed by atoms with E-state index in [4.69, 9.17) is 9.47 Å². The van der Waals surface area contributed by atoms with Crippen molar-refractivity contribution in [3.63, 3.8) is 0 Å². The van der Waals surface area contributed by atoms with Gasteiger partial charge >= 0.3 is 0 Å². The van der Waals surface area contributed by atoms with E-state index in [2.05, 4.69) is 22.8 Å². The van der Waals surface area contributed by atoms with E-state index in [0.717, 1.165) is 28.1 Å². The number of aliphatic hydroxyl groups is 2. The third-order valence-electron chi connectivity index (χ3n) is 7.20. The molecule has 2 N–H and O–H groups in total. The predicted octanol–water partition coefficient (Wildman–Crippen LogP) is 3.22. The Hall–Kier alpha value is -2.19. The van der Waals surface area contributed by atoms with Crippen molar-refractivity contribution < 1.29 is 24.1 Å². The van der Waals surface area contributed by atoms with Crippen LogP contribution in [0.4, 0.5) is 10.1 Å². The SMILES string of the molecule is Cc1ccc(C)c(OC[C@@]2(O)COCCN(CC3(O)CCN(c4ccc(F)cc4)CC3)C2)c1C. The molecule has 2 aromatic carbocycles. The molecule has 2 saturated heterocycles. The van der Waals surface area contributed by atoms with Crippen molar-refractivity contribution >= 4 is 5.69 Å². The Bertz CT molecular complexity index is 975.